The summed E-state index contributed by atoms with van der Waals surface area (Å²) in [7, 11) is -2.86. The van der Waals surface area contributed by atoms with Crippen LogP contribution in [0.5, 0.6) is 5.75 Å². The number of hydrogen-bond acceptors (Lipinski definition) is 5. The maximum absolute atomic E-state index is 14.5. The van der Waals surface area contributed by atoms with Crippen molar-refractivity contribution in [3.8, 4) is 5.75 Å². The molecule has 46 heavy (non-hydrogen) atoms. The number of carbonyl (C=O) groups is 2. The van der Waals surface area contributed by atoms with E-state index >= 15 is 0 Å². The predicted molar refractivity (Wildman–Crippen MR) is 180 cm³/mol. The van der Waals surface area contributed by atoms with Crippen LogP contribution in [0.4, 0.5) is 10.1 Å². The lowest BCUT2D eigenvalue weighted by atomic mass is 10.0. The standard InChI is InChI=1S/C35H37BrFN3O5S/c1-4-25(2)38-35(42)33(22-26-9-6-5-7-10-26)39(23-27-11-8-12-28(36)21-27)34(41)24-40(30-15-13-29(37)14-16-30)46(43,44)32-19-17-31(45-3)18-20-32/h5-21,25,33H,4,22-24H2,1-3H3,(H,38,42)/t25-,33+/m0/s1. The van der Waals surface area contributed by atoms with E-state index < -0.39 is 34.3 Å². The average Bonchev–Trinajstić information content (AvgIpc) is 3.06. The molecular weight excluding hydrogens is 673 g/mol. The van der Waals surface area contributed by atoms with Crippen LogP contribution in [-0.4, -0.2) is 50.9 Å². The van der Waals surface area contributed by atoms with Crippen LogP contribution in [0.15, 0.2) is 112 Å². The lowest BCUT2D eigenvalue weighted by molar-refractivity contribution is -0.140. The van der Waals surface area contributed by atoms with Gasteiger partial charge in [0.25, 0.3) is 10.0 Å². The normalized spacial score (nSPS) is 12.5. The molecule has 0 radical (unpaired) electrons. The molecule has 4 aromatic carbocycles. The second-order valence-corrected chi connectivity index (χ2v) is 13.6. The molecule has 0 saturated carbocycles. The Bertz CT molecular complexity index is 1720. The molecule has 2 atom stereocenters. The van der Waals surface area contributed by atoms with E-state index in [1.54, 1.807) is 0 Å². The fraction of sp³-hybridized carbons (Fsp3) is 0.257. The number of rotatable bonds is 14. The van der Waals surface area contributed by atoms with Gasteiger partial charge in [-0.05, 0) is 85.1 Å². The Kier molecular flexibility index (Phi) is 11.9. The Labute approximate surface area is 278 Å². The Balaban J connectivity index is 1.80. The van der Waals surface area contributed by atoms with Gasteiger partial charge < -0.3 is 15.0 Å². The number of sulfonamides is 1. The molecule has 0 spiro atoms. The van der Waals surface area contributed by atoms with Crippen molar-refractivity contribution in [2.24, 2.45) is 0 Å². The number of benzene rings is 4. The molecule has 4 rings (SSSR count). The summed E-state index contributed by atoms with van der Waals surface area (Å²) in [5, 5.41) is 3.01. The summed E-state index contributed by atoms with van der Waals surface area (Å²) < 4.78 is 49.0. The zero-order valence-corrected chi connectivity index (χ0v) is 28.3. The molecular formula is C35H37BrFN3O5S. The van der Waals surface area contributed by atoms with Crippen molar-refractivity contribution < 1.29 is 27.1 Å². The molecule has 0 aliphatic rings. The summed E-state index contributed by atoms with van der Waals surface area (Å²) in [6.07, 6.45) is 0.881. The summed E-state index contributed by atoms with van der Waals surface area (Å²) in [5.41, 5.74) is 1.67. The Hall–Kier alpha value is -4.22. The summed E-state index contributed by atoms with van der Waals surface area (Å²) >= 11 is 3.48. The highest BCUT2D eigenvalue weighted by atomic mass is 79.9. The van der Waals surface area contributed by atoms with Crippen LogP contribution in [0, 0.1) is 5.82 Å². The largest absolute Gasteiger partial charge is 0.497 e. The molecule has 1 N–H and O–H groups in total. The molecule has 0 unspecified atom stereocenters. The van der Waals surface area contributed by atoms with Gasteiger partial charge in [-0.3, -0.25) is 13.9 Å². The molecule has 4 aromatic rings. The van der Waals surface area contributed by atoms with Gasteiger partial charge in [0.1, 0.15) is 24.2 Å². The van der Waals surface area contributed by atoms with Crippen molar-refractivity contribution in [2.75, 3.05) is 18.0 Å². The van der Waals surface area contributed by atoms with Crippen molar-refractivity contribution in [2.45, 2.75) is 50.2 Å². The fourth-order valence-electron chi connectivity index (χ4n) is 4.84. The second kappa shape index (κ2) is 15.9. The van der Waals surface area contributed by atoms with E-state index in [1.807, 2.05) is 68.4 Å². The fourth-order valence-corrected chi connectivity index (χ4v) is 6.70. The first-order chi connectivity index (χ1) is 22.0. The van der Waals surface area contributed by atoms with E-state index in [-0.39, 0.29) is 35.5 Å². The average molecular weight is 711 g/mol. The minimum atomic E-state index is -4.33. The highest BCUT2D eigenvalue weighted by Crippen LogP contribution is 2.27. The van der Waals surface area contributed by atoms with Crippen LogP contribution in [0.1, 0.15) is 31.4 Å². The third kappa shape index (κ3) is 8.95. The Morgan fingerprint density at radius 3 is 2.17 bits per heavy atom. The molecule has 0 heterocycles. The number of nitrogens with zero attached hydrogens (tertiary/aromatic N) is 2. The number of amides is 2. The number of halogens is 2. The van der Waals surface area contributed by atoms with Gasteiger partial charge in [-0.25, -0.2) is 12.8 Å². The van der Waals surface area contributed by atoms with E-state index in [0.717, 1.165) is 32.0 Å². The van der Waals surface area contributed by atoms with Crippen LogP contribution >= 0.6 is 15.9 Å². The van der Waals surface area contributed by atoms with E-state index in [1.165, 1.54) is 48.4 Å². The molecule has 0 aliphatic carbocycles. The lowest BCUT2D eigenvalue weighted by Crippen LogP contribution is -2.54. The van der Waals surface area contributed by atoms with E-state index in [0.29, 0.717) is 12.2 Å². The van der Waals surface area contributed by atoms with Crippen molar-refractivity contribution in [1.29, 1.82) is 0 Å². The zero-order valence-electron chi connectivity index (χ0n) is 25.9. The number of hydrogen-bond donors (Lipinski definition) is 1. The molecule has 242 valence electrons. The molecule has 11 heteroatoms. The summed E-state index contributed by atoms with van der Waals surface area (Å²) in [6.45, 7) is 3.22. The quantitative estimate of drug-likeness (QED) is 0.165. The number of nitrogens with one attached hydrogen (secondary N) is 1. The predicted octanol–water partition coefficient (Wildman–Crippen LogP) is 6.35. The molecule has 0 saturated heterocycles. The third-order valence-corrected chi connectivity index (χ3v) is 9.84. The molecule has 0 aromatic heterocycles. The van der Waals surface area contributed by atoms with Crippen LogP contribution in [0.3, 0.4) is 0 Å². The van der Waals surface area contributed by atoms with Crippen LogP contribution in [-0.2, 0) is 32.6 Å². The van der Waals surface area contributed by atoms with Crippen molar-refractivity contribution in [3.05, 3.63) is 125 Å². The van der Waals surface area contributed by atoms with E-state index in [2.05, 4.69) is 21.2 Å². The van der Waals surface area contributed by atoms with Crippen LogP contribution in [0.2, 0.25) is 0 Å². The van der Waals surface area contributed by atoms with E-state index in [4.69, 9.17) is 4.74 Å². The summed E-state index contributed by atoms with van der Waals surface area (Å²) in [6, 6.07) is 26.2. The number of ether oxygens (including phenoxy) is 1. The van der Waals surface area contributed by atoms with Crippen molar-refractivity contribution in [3.63, 3.8) is 0 Å². The highest BCUT2D eigenvalue weighted by Gasteiger charge is 2.35. The Morgan fingerprint density at radius 1 is 0.913 bits per heavy atom. The van der Waals surface area contributed by atoms with E-state index in [9.17, 15) is 22.4 Å². The Morgan fingerprint density at radius 2 is 1.57 bits per heavy atom. The SMILES string of the molecule is CC[C@H](C)NC(=O)[C@@H](Cc1ccccc1)N(Cc1cccc(Br)c1)C(=O)CN(c1ccc(F)cc1)S(=O)(=O)c1ccc(OC)cc1. The third-order valence-electron chi connectivity index (χ3n) is 7.55. The first-order valence-electron chi connectivity index (χ1n) is 14.8. The maximum atomic E-state index is 14.5. The zero-order chi connectivity index (χ0) is 33.3. The summed E-state index contributed by atoms with van der Waals surface area (Å²) in [5.74, 6) is -1.06. The first-order valence-corrected chi connectivity index (χ1v) is 17.1. The molecule has 0 bridgehead atoms. The lowest BCUT2D eigenvalue weighted by Gasteiger charge is -2.34. The first kappa shape index (κ1) is 34.6. The molecule has 2 amide bonds. The number of methoxy groups -OCH3 is 1. The molecule has 0 aliphatic heterocycles. The topological polar surface area (TPSA) is 96.0 Å². The number of carbonyl (C=O) groups excluding carboxylic acids is 2. The van der Waals surface area contributed by atoms with Gasteiger partial charge in [0.15, 0.2) is 0 Å². The van der Waals surface area contributed by atoms with Gasteiger partial charge in [-0.15, -0.1) is 0 Å². The maximum Gasteiger partial charge on any atom is 0.264 e. The van der Waals surface area contributed by atoms with Gasteiger partial charge in [0.2, 0.25) is 11.8 Å². The van der Waals surface area contributed by atoms with Gasteiger partial charge in [-0.2, -0.15) is 0 Å². The van der Waals surface area contributed by atoms with Gasteiger partial charge >= 0.3 is 0 Å². The molecule has 8 nitrogen and oxygen atoms in total. The second-order valence-electron chi connectivity index (χ2n) is 10.8. The number of anilines is 1. The van der Waals surface area contributed by atoms with Gasteiger partial charge in [-0.1, -0.05) is 65.3 Å². The monoisotopic (exact) mass is 709 g/mol. The minimum Gasteiger partial charge on any atom is -0.497 e. The molecule has 0 fully saturated rings. The van der Waals surface area contributed by atoms with Gasteiger partial charge in [0.05, 0.1) is 17.7 Å². The smallest absolute Gasteiger partial charge is 0.264 e. The summed E-state index contributed by atoms with van der Waals surface area (Å²) in [4.78, 5) is 29.7. The van der Waals surface area contributed by atoms with Crippen molar-refractivity contribution >= 4 is 43.5 Å². The van der Waals surface area contributed by atoms with Gasteiger partial charge in [0, 0.05) is 23.5 Å². The van der Waals surface area contributed by atoms with Crippen LogP contribution in [0.25, 0.3) is 0 Å². The van der Waals surface area contributed by atoms with Crippen molar-refractivity contribution in [1.82, 2.24) is 10.2 Å². The minimum absolute atomic E-state index is 0.0313. The highest BCUT2D eigenvalue weighted by molar-refractivity contribution is 9.10. The van der Waals surface area contributed by atoms with Crippen LogP contribution < -0.4 is 14.4 Å².